The summed E-state index contributed by atoms with van der Waals surface area (Å²) < 4.78 is 0. The quantitative estimate of drug-likeness (QED) is 0.731. The van der Waals surface area contributed by atoms with E-state index in [2.05, 4.69) is 88.5 Å². The van der Waals surface area contributed by atoms with Crippen molar-refractivity contribution in [3.8, 4) is 0 Å². The second-order valence-electron chi connectivity index (χ2n) is 7.36. The lowest BCUT2D eigenvalue weighted by atomic mass is 10.1. The van der Waals surface area contributed by atoms with Gasteiger partial charge in [0.2, 0.25) is 0 Å². The Kier molecular flexibility index (Phi) is 5.15. The van der Waals surface area contributed by atoms with Crippen molar-refractivity contribution in [2.24, 2.45) is 0 Å². The Morgan fingerprint density at radius 2 is 1.39 bits per heavy atom. The van der Waals surface area contributed by atoms with Gasteiger partial charge < -0.3 is 15.1 Å². The van der Waals surface area contributed by atoms with Crippen molar-refractivity contribution in [3.63, 3.8) is 0 Å². The first-order valence-electron chi connectivity index (χ1n) is 9.84. The van der Waals surface area contributed by atoms with Crippen LogP contribution in [0, 0.1) is 20.8 Å². The highest BCUT2D eigenvalue weighted by Crippen LogP contribution is 2.26. The Bertz CT molecular complexity index is 926. The van der Waals surface area contributed by atoms with Crippen molar-refractivity contribution in [2.45, 2.75) is 20.8 Å². The third-order valence-corrected chi connectivity index (χ3v) is 5.28. The molecule has 0 unspecified atom stereocenters. The van der Waals surface area contributed by atoms with Crippen LogP contribution >= 0.6 is 0 Å². The second kappa shape index (κ2) is 7.89. The third-order valence-electron chi connectivity index (χ3n) is 5.28. The maximum Gasteiger partial charge on any atom is 0.136 e. The van der Waals surface area contributed by atoms with Crippen LogP contribution in [0.2, 0.25) is 0 Å². The third kappa shape index (κ3) is 3.93. The first-order chi connectivity index (χ1) is 13.6. The fourth-order valence-corrected chi connectivity index (χ4v) is 3.75. The van der Waals surface area contributed by atoms with Gasteiger partial charge in [0.05, 0.1) is 0 Å². The van der Waals surface area contributed by atoms with Crippen molar-refractivity contribution in [2.75, 3.05) is 41.3 Å². The Labute approximate surface area is 167 Å². The lowest BCUT2D eigenvalue weighted by Gasteiger charge is -2.36. The molecule has 0 bridgehead atoms. The van der Waals surface area contributed by atoms with E-state index in [0.717, 1.165) is 49.3 Å². The molecule has 0 aliphatic carbocycles. The van der Waals surface area contributed by atoms with Crippen molar-refractivity contribution in [1.29, 1.82) is 0 Å². The number of nitrogens with one attached hydrogen (secondary N) is 1. The lowest BCUT2D eigenvalue weighted by Crippen LogP contribution is -2.46. The van der Waals surface area contributed by atoms with Crippen molar-refractivity contribution in [3.05, 3.63) is 71.5 Å². The molecule has 144 valence electrons. The van der Waals surface area contributed by atoms with Crippen molar-refractivity contribution < 1.29 is 0 Å². The van der Waals surface area contributed by atoms with E-state index in [-0.39, 0.29) is 0 Å². The predicted octanol–water partition coefficient (Wildman–Crippen LogP) is 4.47. The van der Waals surface area contributed by atoms with E-state index in [1.165, 1.54) is 16.8 Å². The molecule has 28 heavy (non-hydrogen) atoms. The second-order valence-corrected chi connectivity index (χ2v) is 7.36. The summed E-state index contributed by atoms with van der Waals surface area (Å²) in [6, 6.07) is 19.0. The normalized spacial score (nSPS) is 14.2. The van der Waals surface area contributed by atoms with E-state index < -0.39 is 0 Å². The van der Waals surface area contributed by atoms with Crippen LogP contribution in [0.15, 0.2) is 54.6 Å². The molecule has 1 N–H and O–H groups in total. The molecule has 0 spiro atoms. The number of benzene rings is 2. The van der Waals surface area contributed by atoms with Gasteiger partial charge in [0.25, 0.3) is 0 Å². The first kappa shape index (κ1) is 18.3. The van der Waals surface area contributed by atoms with Crippen molar-refractivity contribution >= 4 is 23.0 Å². The van der Waals surface area contributed by atoms with E-state index in [9.17, 15) is 0 Å². The van der Waals surface area contributed by atoms with Crippen molar-refractivity contribution in [1.82, 2.24) is 9.97 Å². The molecule has 4 rings (SSSR count). The number of aromatic nitrogens is 2. The minimum atomic E-state index is 0.789. The molecule has 5 heteroatoms. The average molecular weight is 374 g/mol. The summed E-state index contributed by atoms with van der Waals surface area (Å²) in [7, 11) is 0. The summed E-state index contributed by atoms with van der Waals surface area (Å²) in [6.07, 6.45) is 0. The number of nitrogens with zero attached hydrogens (tertiary/aromatic N) is 4. The molecule has 0 amide bonds. The van der Waals surface area contributed by atoms with Crippen LogP contribution in [0.4, 0.5) is 23.0 Å². The zero-order chi connectivity index (χ0) is 19.5. The van der Waals surface area contributed by atoms with Crippen LogP contribution in [0.25, 0.3) is 0 Å². The molecule has 0 atom stereocenters. The Morgan fingerprint density at radius 1 is 0.750 bits per heavy atom. The smallest absolute Gasteiger partial charge is 0.136 e. The number of piperazine rings is 1. The van der Waals surface area contributed by atoms with E-state index in [1.807, 2.05) is 6.92 Å². The highest BCUT2D eigenvalue weighted by Gasteiger charge is 2.19. The van der Waals surface area contributed by atoms with Crippen LogP contribution in [0.1, 0.15) is 17.0 Å². The SMILES string of the molecule is Cc1nc(Nc2c(C)cccc2C)cc(N2CCN(c3ccccc3)CC2)n1. The van der Waals surface area contributed by atoms with E-state index >= 15 is 0 Å². The molecule has 2 heterocycles. The van der Waals surface area contributed by atoms with Gasteiger partial charge in [-0.1, -0.05) is 36.4 Å². The predicted molar refractivity (Wildman–Crippen MR) is 117 cm³/mol. The fourth-order valence-electron chi connectivity index (χ4n) is 3.75. The van der Waals surface area contributed by atoms with E-state index in [1.54, 1.807) is 0 Å². The molecule has 1 saturated heterocycles. The van der Waals surface area contributed by atoms with Crippen LogP contribution in [0.3, 0.4) is 0 Å². The van der Waals surface area contributed by atoms with Gasteiger partial charge in [-0.05, 0) is 44.0 Å². The number of para-hydroxylation sites is 2. The minimum absolute atomic E-state index is 0.789. The highest BCUT2D eigenvalue weighted by molar-refractivity contribution is 5.66. The van der Waals surface area contributed by atoms with E-state index in [4.69, 9.17) is 4.98 Å². The first-order valence-corrected chi connectivity index (χ1v) is 9.84. The van der Waals surface area contributed by atoms with Gasteiger partial charge in [-0.3, -0.25) is 0 Å². The molecule has 1 aromatic heterocycles. The number of rotatable bonds is 4. The fraction of sp³-hybridized carbons (Fsp3) is 0.304. The number of anilines is 4. The Morgan fingerprint density at radius 3 is 2.07 bits per heavy atom. The number of hydrogen-bond acceptors (Lipinski definition) is 5. The summed E-state index contributed by atoms with van der Waals surface area (Å²) in [6.45, 7) is 10.1. The highest BCUT2D eigenvalue weighted by atomic mass is 15.3. The number of aryl methyl sites for hydroxylation is 3. The molecule has 1 fully saturated rings. The largest absolute Gasteiger partial charge is 0.368 e. The standard InChI is InChI=1S/C23H27N5/c1-17-8-7-9-18(2)23(17)26-21-16-22(25-19(3)24-21)28-14-12-27(13-15-28)20-10-5-4-6-11-20/h4-11,16H,12-15H2,1-3H3,(H,24,25,26). The van der Waals surface area contributed by atoms with Crippen LogP contribution < -0.4 is 15.1 Å². The van der Waals surface area contributed by atoms with Gasteiger partial charge in [0.15, 0.2) is 0 Å². The zero-order valence-electron chi connectivity index (χ0n) is 16.8. The molecular weight excluding hydrogens is 346 g/mol. The van der Waals surface area contributed by atoms with Gasteiger partial charge in [0, 0.05) is 43.6 Å². The average Bonchev–Trinajstić information content (AvgIpc) is 2.71. The van der Waals surface area contributed by atoms with Gasteiger partial charge >= 0.3 is 0 Å². The summed E-state index contributed by atoms with van der Waals surface area (Å²) in [5, 5.41) is 3.51. The Hall–Kier alpha value is -3.08. The van der Waals surface area contributed by atoms with Crippen LogP contribution in [0.5, 0.6) is 0 Å². The number of hydrogen-bond donors (Lipinski definition) is 1. The van der Waals surface area contributed by atoms with Gasteiger partial charge in [-0.25, -0.2) is 9.97 Å². The molecule has 3 aromatic rings. The Balaban J connectivity index is 1.50. The molecule has 0 radical (unpaired) electrons. The summed E-state index contributed by atoms with van der Waals surface area (Å²) in [5.74, 6) is 2.64. The molecule has 1 aliphatic rings. The topological polar surface area (TPSA) is 44.3 Å². The minimum Gasteiger partial charge on any atom is -0.368 e. The zero-order valence-corrected chi connectivity index (χ0v) is 16.8. The maximum absolute atomic E-state index is 4.70. The maximum atomic E-state index is 4.70. The summed E-state index contributed by atoms with van der Waals surface area (Å²) in [4.78, 5) is 14.1. The monoisotopic (exact) mass is 373 g/mol. The van der Waals surface area contributed by atoms with Gasteiger partial charge in [-0.15, -0.1) is 0 Å². The van der Waals surface area contributed by atoms with Crippen LogP contribution in [-0.2, 0) is 0 Å². The lowest BCUT2D eigenvalue weighted by molar-refractivity contribution is 0.646. The molecule has 5 nitrogen and oxygen atoms in total. The molecule has 1 aliphatic heterocycles. The van der Waals surface area contributed by atoms with Gasteiger partial charge in [0.1, 0.15) is 17.5 Å². The summed E-state index contributed by atoms with van der Waals surface area (Å²) in [5.41, 5.74) is 4.85. The summed E-state index contributed by atoms with van der Waals surface area (Å²) >= 11 is 0. The molecule has 2 aromatic carbocycles. The van der Waals surface area contributed by atoms with Gasteiger partial charge in [-0.2, -0.15) is 0 Å². The molecular formula is C23H27N5. The molecule has 0 saturated carbocycles. The van der Waals surface area contributed by atoms with Crippen LogP contribution in [-0.4, -0.2) is 36.1 Å². The van der Waals surface area contributed by atoms with E-state index in [0.29, 0.717) is 0 Å².